The smallest absolute Gasteiger partial charge is 0.160 e. The van der Waals surface area contributed by atoms with Crippen molar-refractivity contribution in [2.75, 3.05) is 0 Å². The van der Waals surface area contributed by atoms with Crippen LogP contribution in [-0.4, -0.2) is 19.1 Å². The molecule has 3 heterocycles. The lowest BCUT2D eigenvalue weighted by Crippen LogP contribution is -1.98. The van der Waals surface area contributed by atoms with Crippen LogP contribution in [0.5, 0.6) is 0 Å². The first-order chi connectivity index (χ1) is 28.8. The maximum absolute atomic E-state index is 5.29. The van der Waals surface area contributed by atoms with Crippen molar-refractivity contribution in [1.82, 2.24) is 19.1 Å². The van der Waals surface area contributed by atoms with Crippen LogP contribution in [0, 0.1) is 0 Å². The Bertz CT molecular complexity index is 3450. The van der Waals surface area contributed by atoms with Gasteiger partial charge < -0.3 is 9.13 Å². The lowest BCUT2D eigenvalue weighted by atomic mass is 9.98. The van der Waals surface area contributed by atoms with Crippen LogP contribution in [0.25, 0.3) is 110 Å². The predicted octanol–water partition coefficient (Wildman–Crippen LogP) is 14.0. The Balaban J connectivity index is 1.06. The average Bonchev–Trinajstić information content (AvgIpc) is 3.82. The molecule has 3 aromatic heterocycles. The molecule has 0 spiro atoms. The maximum atomic E-state index is 5.29. The first-order valence-electron chi connectivity index (χ1n) is 19.8. The summed E-state index contributed by atoms with van der Waals surface area (Å²) in [5.41, 5.74) is 11.9. The van der Waals surface area contributed by atoms with Crippen molar-refractivity contribution in [3.63, 3.8) is 0 Å². The molecule has 0 N–H and O–H groups in total. The van der Waals surface area contributed by atoms with Crippen LogP contribution in [0.2, 0.25) is 0 Å². The van der Waals surface area contributed by atoms with E-state index in [0.29, 0.717) is 5.82 Å². The predicted molar refractivity (Wildman–Crippen MR) is 242 cm³/mol. The van der Waals surface area contributed by atoms with Crippen molar-refractivity contribution < 1.29 is 0 Å². The van der Waals surface area contributed by atoms with E-state index in [4.69, 9.17) is 9.97 Å². The van der Waals surface area contributed by atoms with Gasteiger partial charge in [0.25, 0.3) is 0 Å². The molecule has 0 aliphatic heterocycles. The van der Waals surface area contributed by atoms with Crippen molar-refractivity contribution in [3.05, 3.63) is 206 Å². The molecular formula is C54H34N4. The molecular weight excluding hydrogens is 705 g/mol. The minimum atomic E-state index is 0.691. The molecule has 0 saturated carbocycles. The lowest BCUT2D eigenvalue weighted by Gasteiger charge is -2.13. The van der Waals surface area contributed by atoms with E-state index in [9.17, 15) is 0 Å². The quantitative estimate of drug-likeness (QED) is 0.176. The fourth-order valence-electron chi connectivity index (χ4n) is 9.14. The van der Waals surface area contributed by atoms with Crippen molar-refractivity contribution in [2.24, 2.45) is 0 Å². The molecule has 0 radical (unpaired) electrons. The van der Waals surface area contributed by atoms with Crippen LogP contribution in [-0.2, 0) is 0 Å². The van der Waals surface area contributed by atoms with E-state index in [-0.39, 0.29) is 0 Å². The lowest BCUT2D eigenvalue weighted by molar-refractivity contribution is 1.16. The van der Waals surface area contributed by atoms with Crippen LogP contribution in [0.15, 0.2) is 206 Å². The summed E-state index contributed by atoms with van der Waals surface area (Å²) in [6, 6.07) is 73.7. The molecule has 0 atom stereocenters. The topological polar surface area (TPSA) is 35.6 Å². The van der Waals surface area contributed by atoms with E-state index in [1.54, 1.807) is 0 Å². The molecule has 12 rings (SSSR count). The van der Waals surface area contributed by atoms with Gasteiger partial charge in [-0.2, -0.15) is 0 Å². The maximum Gasteiger partial charge on any atom is 0.160 e. The summed E-state index contributed by atoms with van der Waals surface area (Å²) in [6.45, 7) is 0. The zero-order valence-electron chi connectivity index (χ0n) is 31.4. The molecule has 0 amide bonds. The van der Waals surface area contributed by atoms with Crippen LogP contribution in [0.1, 0.15) is 0 Å². The number of hydrogen-bond acceptors (Lipinski definition) is 2. The Morgan fingerprint density at radius 3 is 1.50 bits per heavy atom. The van der Waals surface area contributed by atoms with Crippen LogP contribution in [0.3, 0.4) is 0 Å². The third-order valence-corrected chi connectivity index (χ3v) is 11.7. The van der Waals surface area contributed by atoms with Crippen LogP contribution >= 0.6 is 0 Å². The van der Waals surface area contributed by atoms with Crippen molar-refractivity contribution in [3.8, 4) is 45.3 Å². The zero-order valence-corrected chi connectivity index (χ0v) is 31.4. The van der Waals surface area contributed by atoms with E-state index in [1.807, 2.05) is 0 Å². The third-order valence-electron chi connectivity index (χ3n) is 11.7. The monoisotopic (exact) mass is 738 g/mol. The molecule has 0 unspecified atom stereocenters. The average molecular weight is 739 g/mol. The number of para-hydroxylation sites is 3. The number of nitrogens with zero attached hydrogens (tertiary/aromatic N) is 4. The Labute approximate surface area is 334 Å². The van der Waals surface area contributed by atoms with Gasteiger partial charge in [-0.05, 0) is 82.2 Å². The number of fused-ring (bicyclic) bond motifs is 9. The Morgan fingerprint density at radius 2 is 0.845 bits per heavy atom. The Kier molecular flexibility index (Phi) is 7.20. The fourth-order valence-corrected chi connectivity index (χ4v) is 9.14. The first-order valence-corrected chi connectivity index (χ1v) is 19.8. The van der Waals surface area contributed by atoms with Crippen LogP contribution < -0.4 is 0 Å². The minimum absolute atomic E-state index is 0.691. The van der Waals surface area contributed by atoms with Crippen molar-refractivity contribution >= 4 is 65.2 Å². The standard InChI is InChI=1S/C54H34N4/c1-2-18-38(19-3-1)58-49-26-10-8-22-44(49)45-32-33-51-52(53(45)58)46-23-9-11-27-50(46)57(51)39-30-28-37(29-31-39)54-55-47(42-24-12-16-35-14-4-6-20-40(35)42)34-48(56-54)43-25-13-17-36-15-5-7-21-41(36)43/h1-34H. The minimum Gasteiger partial charge on any atom is -0.309 e. The van der Waals surface area contributed by atoms with E-state index in [0.717, 1.165) is 50.5 Å². The van der Waals surface area contributed by atoms with Gasteiger partial charge in [0.1, 0.15) is 0 Å². The Morgan fingerprint density at radius 1 is 0.328 bits per heavy atom. The van der Waals surface area contributed by atoms with Gasteiger partial charge in [-0.3, -0.25) is 0 Å². The van der Waals surface area contributed by atoms with E-state index in [1.165, 1.54) is 54.1 Å². The summed E-state index contributed by atoms with van der Waals surface area (Å²) < 4.78 is 4.83. The van der Waals surface area contributed by atoms with Gasteiger partial charge in [-0.25, -0.2) is 9.97 Å². The molecule has 9 aromatic carbocycles. The van der Waals surface area contributed by atoms with Gasteiger partial charge in [-0.15, -0.1) is 0 Å². The van der Waals surface area contributed by atoms with Gasteiger partial charge in [0, 0.05) is 49.6 Å². The Hall–Kier alpha value is -7.82. The molecule has 4 heteroatoms. The summed E-state index contributed by atoms with van der Waals surface area (Å²) in [7, 11) is 0. The number of hydrogen-bond donors (Lipinski definition) is 0. The second-order valence-corrected chi connectivity index (χ2v) is 15.0. The highest BCUT2D eigenvalue weighted by Gasteiger charge is 2.21. The van der Waals surface area contributed by atoms with Crippen LogP contribution in [0.4, 0.5) is 0 Å². The highest BCUT2D eigenvalue weighted by molar-refractivity contribution is 6.26. The summed E-state index contributed by atoms with van der Waals surface area (Å²) in [5, 5.41) is 9.66. The summed E-state index contributed by atoms with van der Waals surface area (Å²) >= 11 is 0. The van der Waals surface area contributed by atoms with E-state index in [2.05, 4.69) is 215 Å². The summed E-state index contributed by atoms with van der Waals surface area (Å²) in [6.07, 6.45) is 0. The highest BCUT2D eigenvalue weighted by atomic mass is 15.0. The van der Waals surface area contributed by atoms with Gasteiger partial charge in [-0.1, -0.05) is 146 Å². The first kappa shape index (κ1) is 32.4. The largest absolute Gasteiger partial charge is 0.309 e. The molecule has 12 aromatic rings. The summed E-state index contributed by atoms with van der Waals surface area (Å²) in [4.78, 5) is 10.6. The molecule has 0 aliphatic rings. The van der Waals surface area contributed by atoms with Crippen molar-refractivity contribution in [2.45, 2.75) is 0 Å². The van der Waals surface area contributed by atoms with Crippen molar-refractivity contribution in [1.29, 1.82) is 0 Å². The second kappa shape index (κ2) is 12.9. The molecule has 0 fully saturated rings. The van der Waals surface area contributed by atoms with Gasteiger partial charge >= 0.3 is 0 Å². The molecule has 0 aliphatic carbocycles. The zero-order chi connectivity index (χ0) is 38.2. The normalized spacial score (nSPS) is 11.8. The van der Waals surface area contributed by atoms with Gasteiger partial charge in [0.15, 0.2) is 5.82 Å². The number of aromatic nitrogens is 4. The highest BCUT2D eigenvalue weighted by Crippen LogP contribution is 2.42. The molecule has 270 valence electrons. The van der Waals surface area contributed by atoms with Gasteiger partial charge in [0.05, 0.1) is 33.5 Å². The van der Waals surface area contributed by atoms with Gasteiger partial charge in [0.2, 0.25) is 0 Å². The molecule has 4 nitrogen and oxygen atoms in total. The second-order valence-electron chi connectivity index (χ2n) is 15.0. The fraction of sp³-hybridized carbons (Fsp3) is 0. The number of benzene rings is 9. The third kappa shape index (κ3) is 4.95. The SMILES string of the molecule is c1ccc(-n2c3ccccc3c3ccc4c(c5ccccc5n4-c4ccc(-c5nc(-c6cccc7ccccc67)cc(-c6cccc7ccccc67)n5)cc4)c32)cc1. The number of rotatable bonds is 5. The molecule has 0 bridgehead atoms. The molecule has 58 heavy (non-hydrogen) atoms. The van der Waals surface area contributed by atoms with E-state index >= 15 is 0 Å². The summed E-state index contributed by atoms with van der Waals surface area (Å²) in [5.74, 6) is 0.691. The molecule has 0 saturated heterocycles. The van der Waals surface area contributed by atoms with E-state index < -0.39 is 0 Å².